The van der Waals surface area contributed by atoms with E-state index >= 15 is 0 Å². The monoisotopic (exact) mass is 223 g/mol. The fourth-order valence-electron chi connectivity index (χ4n) is 2.24. The van der Waals surface area contributed by atoms with Crippen molar-refractivity contribution in [2.45, 2.75) is 59.4 Å². The van der Waals surface area contributed by atoms with Crippen LogP contribution in [0.5, 0.6) is 0 Å². The van der Waals surface area contributed by atoms with E-state index in [0.717, 1.165) is 6.42 Å². The number of piperidine rings is 1. The minimum Gasteiger partial charge on any atom is -0.299 e. The Bertz CT molecular complexity index is 215. The number of nitrogens with zero attached hydrogens (tertiary/aromatic N) is 1. The minimum atomic E-state index is 0.667. The van der Waals surface area contributed by atoms with Crippen molar-refractivity contribution in [1.82, 2.24) is 4.90 Å². The Morgan fingerprint density at radius 3 is 2.50 bits per heavy atom. The van der Waals surface area contributed by atoms with E-state index in [4.69, 9.17) is 0 Å². The zero-order valence-corrected chi connectivity index (χ0v) is 11.8. The Labute approximate surface area is 102 Å². The number of hydrogen-bond acceptors (Lipinski definition) is 1. The highest BCUT2D eigenvalue weighted by Crippen LogP contribution is 2.22. The first-order chi connectivity index (χ1) is 7.79. The molecule has 16 heavy (non-hydrogen) atoms. The highest BCUT2D eigenvalue weighted by molar-refractivity contribution is 5.24. The van der Waals surface area contributed by atoms with Crippen LogP contribution in [0.1, 0.15) is 53.4 Å². The molecule has 1 unspecified atom stereocenters. The number of rotatable bonds is 3. The van der Waals surface area contributed by atoms with Gasteiger partial charge >= 0.3 is 0 Å². The Hall–Kier alpha value is -0.560. The highest BCUT2D eigenvalue weighted by atomic mass is 15.1. The molecule has 0 aromatic heterocycles. The molecule has 0 spiro atoms. The SMILES string of the molecule is C/C=C\C(=C/CC)C1CCCCN1C.CC. The van der Waals surface area contributed by atoms with Crippen LogP contribution in [0.25, 0.3) is 0 Å². The quantitative estimate of drug-likeness (QED) is 0.641. The molecule has 0 saturated carbocycles. The molecule has 1 heterocycles. The van der Waals surface area contributed by atoms with Gasteiger partial charge < -0.3 is 0 Å². The van der Waals surface area contributed by atoms with Crippen LogP contribution in [0, 0.1) is 0 Å². The minimum absolute atomic E-state index is 0.667. The molecular weight excluding hydrogens is 194 g/mol. The second-order valence-electron chi connectivity index (χ2n) is 4.10. The zero-order chi connectivity index (χ0) is 12.4. The summed E-state index contributed by atoms with van der Waals surface area (Å²) in [6, 6.07) is 0.667. The van der Waals surface area contributed by atoms with Crippen molar-refractivity contribution in [2.75, 3.05) is 13.6 Å². The predicted octanol–water partition coefficient (Wildman–Crippen LogP) is 4.41. The lowest BCUT2D eigenvalue weighted by Gasteiger charge is -2.33. The molecule has 1 fully saturated rings. The fourth-order valence-corrected chi connectivity index (χ4v) is 2.24. The van der Waals surface area contributed by atoms with E-state index in [1.165, 1.54) is 31.4 Å². The van der Waals surface area contributed by atoms with Crippen LogP contribution >= 0.6 is 0 Å². The molecule has 1 atom stereocenters. The molecule has 1 rings (SSSR count). The largest absolute Gasteiger partial charge is 0.299 e. The molecule has 1 aliphatic rings. The Balaban J connectivity index is 0.00000106. The van der Waals surface area contributed by atoms with Gasteiger partial charge in [-0.3, -0.25) is 4.90 Å². The normalized spacial score (nSPS) is 23.1. The lowest BCUT2D eigenvalue weighted by Crippen LogP contribution is -2.37. The van der Waals surface area contributed by atoms with E-state index in [9.17, 15) is 0 Å². The van der Waals surface area contributed by atoms with Crippen LogP contribution < -0.4 is 0 Å². The maximum Gasteiger partial charge on any atom is 0.0341 e. The first kappa shape index (κ1) is 15.4. The molecule has 1 nitrogen and oxygen atoms in total. The van der Waals surface area contributed by atoms with E-state index in [2.05, 4.69) is 44.0 Å². The van der Waals surface area contributed by atoms with E-state index in [-0.39, 0.29) is 0 Å². The smallest absolute Gasteiger partial charge is 0.0341 e. The summed E-state index contributed by atoms with van der Waals surface area (Å²) in [5.74, 6) is 0. The van der Waals surface area contributed by atoms with Crippen LogP contribution in [-0.4, -0.2) is 24.5 Å². The van der Waals surface area contributed by atoms with Gasteiger partial charge in [-0.05, 0) is 45.4 Å². The molecule has 94 valence electrons. The molecule has 0 aromatic rings. The van der Waals surface area contributed by atoms with Crippen molar-refractivity contribution in [3.8, 4) is 0 Å². The molecule has 1 aliphatic heterocycles. The van der Waals surface area contributed by atoms with Gasteiger partial charge in [0.15, 0.2) is 0 Å². The standard InChI is InChI=1S/C13H23N.C2H6/c1-4-8-12(9-5-2)13-10-6-7-11-14(13)3;1-2/h4,8-9,13H,5-7,10-11H2,1-3H3;1-2H3/b8-4-,12-9+;. The fraction of sp³-hybridized carbons (Fsp3) is 0.733. The summed E-state index contributed by atoms with van der Waals surface area (Å²) in [7, 11) is 2.25. The van der Waals surface area contributed by atoms with Gasteiger partial charge in [0.1, 0.15) is 0 Å². The first-order valence-electron chi connectivity index (χ1n) is 6.82. The van der Waals surface area contributed by atoms with Gasteiger partial charge in [-0.1, -0.05) is 45.4 Å². The third-order valence-corrected chi connectivity index (χ3v) is 2.95. The van der Waals surface area contributed by atoms with E-state index in [1.54, 1.807) is 0 Å². The van der Waals surface area contributed by atoms with Gasteiger partial charge in [0.25, 0.3) is 0 Å². The van der Waals surface area contributed by atoms with Crippen LogP contribution in [0.2, 0.25) is 0 Å². The van der Waals surface area contributed by atoms with Crippen LogP contribution in [-0.2, 0) is 0 Å². The Morgan fingerprint density at radius 1 is 1.31 bits per heavy atom. The third-order valence-electron chi connectivity index (χ3n) is 2.95. The van der Waals surface area contributed by atoms with Crippen molar-refractivity contribution in [3.05, 3.63) is 23.8 Å². The van der Waals surface area contributed by atoms with Crippen molar-refractivity contribution in [3.63, 3.8) is 0 Å². The molecule has 0 aliphatic carbocycles. The number of allylic oxidation sites excluding steroid dienone is 2. The first-order valence-corrected chi connectivity index (χ1v) is 6.82. The maximum absolute atomic E-state index is 2.49. The predicted molar refractivity (Wildman–Crippen MR) is 74.8 cm³/mol. The lowest BCUT2D eigenvalue weighted by molar-refractivity contribution is 0.215. The lowest BCUT2D eigenvalue weighted by atomic mass is 9.94. The van der Waals surface area contributed by atoms with Crippen molar-refractivity contribution in [2.24, 2.45) is 0 Å². The average molecular weight is 223 g/mol. The topological polar surface area (TPSA) is 3.24 Å². The van der Waals surface area contributed by atoms with Gasteiger partial charge in [-0.25, -0.2) is 0 Å². The van der Waals surface area contributed by atoms with Crippen LogP contribution in [0.3, 0.4) is 0 Å². The second kappa shape index (κ2) is 9.65. The highest BCUT2D eigenvalue weighted by Gasteiger charge is 2.20. The number of likely N-dealkylation sites (N-methyl/N-ethyl adjacent to an activating group) is 1. The van der Waals surface area contributed by atoms with Gasteiger partial charge in [-0.2, -0.15) is 0 Å². The molecule has 1 saturated heterocycles. The summed E-state index contributed by atoms with van der Waals surface area (Å²) >= 11 is 0. The van der Waals surface area contributed by atoms with Gasteiger partial charge in [0.2, 0.25) is 0 Å². The molecule has 0 bridgehead atoms. The molecule has 0 amide bonds. The summed E-state index contributed by atoms with van der Waals surface area (Å²) in [5.41, 5.74) is 1.51. The molecule has 0 aromatic carbocycles. The summed E-state index contributed by atoms with van der Waals surface area (Å²) in [5, 5.41) is 0. The maximum atomic E-state index is 2.49. The van der Waals surface area contributed by atoms with Crippen molar-refractivity contribution >= 4 is 0 Å². The van der Waals surface area contributed by atoms with Crippen LogP contribution in [0.4, 0.5) is 0 Å². The molecule has 0 N–H and O–H groups in total. The second-order valence-corrected chi connectivity index (χ2v) is 4.10. The Kier molecular flexibility index (Phi) is 9.31. The van der Waals surface area contributed by atoms with Gasteiger partial charge in [-0.15, -0.1) is 0 Å². The summed E-state index contributed by atoms with van der Waals surface area (Å²) in [6.07, 6.45) is 12.0. The number of likely N-dealkylation sites (tertiary alicyclic amines) is 1. The zero-order valence-electron chi connectivity index (χ0n) is 11.8. The molecular formula is C15H29N. The summed E-state index contributed by atoms with van der Waals surface area (Å²) < 4.78 is 0. The molecule has 0 radical (unpaired) electrons. The third kappa shape index (κ3) is 4.98. The summed E-state index contributed by atoms with van der Waals surface area (Å²) in [4.78, 5) is 2.49. The van der Waals surface area contributed by atoms with E-state index in [1.807, 2.05) is 13.8 Å². The van der Waals surface area contributed by atoms with Gasteiger partial charge in [0.05, 0.1) is 0 Å². The van der Waals surface area contributed by atoms with Crippen molar-refractivity contribution < 1.29 is 0 Å². The van der Waals surface area contributed by atoms with Crippen LogP contribution in [0.15, 0.2) is 23.8 Å². The summed E-state index contributed by atoms with van der Waals surface area (Å²) in [6.45, 7) is 9.57. The Morgan fingerprint density at radius 2 is 2.00 bits per heavy atom. The average Bonchev–Trinajstić information content (AvgIpc) is 2.32. The van der Waals surface area contributed by atoms with E-state index in [0.29, 0.717) is 6.04 Å². The molecule has 1 heteroatoms. The number of hydrogen-bond donors (Lipinski definition) is 0. The van der Waals surface area contributed by atoms with E-state index < -0.39 is 0 Å². The van der Waals surface area contributed by atoms with Crippen molar-refractivity contribution in [1.29, 1.82) is 0 Å². The van der Waals surface area contributed by atoms with Gasteiger partial charge in [0, 0.05) is 6.04 Å².